The second-order valence-corrected chi connectivity index (χ2v) is 7.51. The number of phenolic OH excluding ortho intramolecular Hbond substituents is 1. The zero-order valence-electron chi connectivity index (χ0n) is 16.4. The van der Waals surface area contributed by atoms with Gasteiger partial charge >= 0.3 is 0 Å². The van der Waals surface area contributed by atoms with E-state index in [1.165, 1.54) is 0 Å². The van der Waals surface area contributed by atoms with Gasteiger partial charge in [0.1, 0.15) is 11.5 Å². The number of carbonyl (C=O) groups is 1. The molecule has 144 valence electrons. The summed E-state index contributed by atoms with van der Waals surface area (Å²) in [6.07, 6.45) is 5.72. The fourth-order valence-corrected chi connectivity index (χ4v) is 3.64. The van der Waals surface area contributed by atoms with Crippen LogP contribution in [-0.4, -0.2) is 26.2 Å². The van der Waals surface area contributed by atoms with Gasteiger partial charge in [-0.15, -0.1) is 0 Å². The summed E-state index contributed by atoms with van der Waals surface area (Å²) in [5, 5.41) is 13.3. The number of hydrogen-bond acceptors (Lipinski definition) is 4. The second kappa shape index (κ2) is 6.41. The van der Waals surface area contributed by atoms with Crippen molar-refractivity contribution in [3.63, 3.8) is 0 Å². The third kappa shape index (κ3) is 2.81. The minimum Gasteiger partial charge on any atom is -0.507 e. The highest BCUT2D eigenvalue weighted by Crippen LogP contribution is 2.45. The number of rotatable bonds is 3. The van der Waals surface area contributed by atoms with Crippen molar-refractivity contribution in [3.05, 3.63) is 65.2 Å². The Morgan fingerprint density at radius 2 is 1.89 bits per heavy atom. The zero-order chi connectivity index (χ0) is 20.1. The first-order chi connectivity index (χ1) is 13.3. The normalized spacial score (nSPS) is 17.9. The first-order valence-corrected chi connectivity index (χ1v) is 9.20. The summed E-state index contributed by atoms with van der Waals surface area (Å²) in [6, 6.07) is 7.54. The number of phenols is 1. The molecule has 1 aliphatic heterocycles. The number of carbonyl (C=O) groups excluding carboxylic acids is 1. The van der Waals surface area contributed by atoms with Crippen molar-refractivity contribution in [2.45, 2.75) is 39.7 Å². The van der Waals surface area contributed by atoms with Crippen molar-refractivity contribution in [2.24, 2.45) is 0 Å². The van der Waals surface area contributed by atoms with Crippen molar-refractivity contribution in [1.82, 2.24) is 9.55 Å². The van der Waals surface area contributed by atoms with Crippen LogP contribution in [0.1, 0.15) is 29.2 Å². The molecule has 0 bridgehead atoms. The van der Waals surface area contributed by atoms with Crippen molar-refractivity contribution in [3.8, 4) is 17.2 Å². The van der Waals surface area contributed by atoms with E-state index in [2.05, 4.69) is 10.3 Å². The summed E-state index contributed by atoms with van der Waals surface area (Å²) in [5.41, 5.74) is 3.97. The number of amides is 1. The average Bonchev–Trinajstić information content (AvgIpc) is 3.34. The second-order valence-electron chi connectivity index (χ2n) is 7.51. The highest BCUT2D eigenvalue weighted by atomic mass is 16.5. The Kier molecular flexibility index (Phi) is 4.14. The van der Waals surface area contributed by atoms with Crippen LogP contribution in [0.4, 0.5) is 5.69 Å². The Morgan fingerprint density at radius 1 is 1.18 bits per heavy atom. The average molecular weight is 377 g/mol. The Balaban J connectivity index is 1.55. The molecule has 4 rings (SSSR count). The lowest BCUT2D eigenvalue weighted by Gasteiger charge is -2.23. The molecule has 0 radical (unpaired) electrons. The third-order valence-corrected chi connectivity index (χ3v) is 5.59. The SMILES string of the molecule is Cc1c(C)c2c(c(C)c1O)CC(C)(C(=O)Nc1ccc(-n3ccnc3)cc1)O2. The van der Waals surface area contributed by atoms with Crippen LogP contribution in [0.15, 0.2) is 43.0 Å². The molecule has 2 N–H and O–H groups in total. The molecule has 1 aromatic heterocycles. The minimum absolute atomic E-state index is 0.213. The van der Waals surface area contributed by atoms with Crippen molar-refractivity contribution in [2.75, 3.05) is 5.32 Å². The van der Waals surface area contributed by atoms with E-state index in [1.54, 1.807) is 19.4 Å². The fraction of sp³-hybridized carbons (Fsp3) is 0.273. The number of nitrogens with zero attached hydrogens (tertiary/aromatic N) is 2. The summed E-state index contributed by atoms with van der Waals surface area (Å²) in [7, 11) is 0. The topological polar surface area (TPSA) is 76.4 Å². The molecule has 1 amide bonds. The van der Waals surface area contributed by atoms with E-state index in [0.717, 1.165) is 27.9 Å². The van der Waals surface area contributed by atoms with Crippen LogP contribution in [0.25, 0.3) is 5.69 Å². The maximum Gasteiger partial charge on any atom is 0.268 e. The molecule has 28 heavy (non-hydrogen) atoms. The van der Waals surface area contributed by atoms with Gasteiger partial charge < -0.3 is 19.7 Å². The number of nitrogens with one attached hydrogen (secondary N) is 1. The van der Waals surface area contributed by atoms with E-state index in [-0.39, 0.29) is 11.7 Å². The predicted molar refractivity (Wildman–Crippen MR) is 107 cm³/mol. The highest BCUT2D eigenvalue weighted by molar-refractivity contribution is 5.98. The van der Waals surface area contributed by atoms with E-state index < -0.39 is 5.60 Å². The Morgan fingerprint density at radius 3 is 2.54 bits per heavy atom. The Hall–Kier alpha value is -3.28. The summed E-state index contributed by atoms with van der Waals surface area (Å²) in [5.74, 6) is 0.774. The van der Waals surface area contributed by atoms with Gasteiger partial charge in [-0.2, -0.15) is 0 Å². The van der Waals surface area contributed by atoms with Gasteiger partial charge in [-0.1, -0.05) is 0 Å². The van der Waals surface area contributed by atoms with Gasteiger partial charge in [0.05, 0.1) is 6.33 Å². The molecule has 0 spiro atoms. The van der Waals surface area contributed by atoms with Gasteiger partial charge in [0.2, 0.25) is 0 Å². The number of ether oxygens (including phenoxy) is 1. The zero-order valence-corrected chi connectivity index (χ0v) is 16.4. The lowest BCUT2D eigenvalue weighted by atomic mass is 9.92. The maximum atomic E-state index is 13.0. The predicted octanol–water partition coefficient (Wildman–Crippen LogP) is 3.84. The quantitative estimate of drug-likeness (QED) is 0.727. The lowest BCUT2D eigenvalue weighted by molar-refractivity contribution is -0.128. The standard InChI is InChI=1S/C22H23N3O3/c1-13-14(2)20-18(15(3)19(13)26)11-22(4,28-20)21(27)24-16-5-7-17(8-6-16)25-10-9-23-12-25/h5-10,12,26H,11H2,1-4H3,(H,24,27). The smallest absolute Gasteiger partial charge is 0.268 e. The molecule has 1 unspecified atom stereocenters. The number of aromatic hydroxyl groups is 1. The third-order valence-electron chi connectivity index (χ3n) is 5.59. The van der Waals surface area contributed by atoms with Gasteiger partial charge in [0.15, 0.2) is 5.60 Å². The molecule has 3 aromatic rings. The van der Waals surface area contributed by atoms with Crippen LogP contribution in [0.2, 0.25) is 0 Å². The number of anilines is 1. The summed E-state index contributed by atoms with van der Waals surface area (Å²) in [4.78, 5) is 17.0. The molecule has 6 heteroatoms. The van der Waals surface area contributed by atoms with Gasteiger partial charge in [-0.25, -0.2) is 4.98 Å². The van der Waals surface area contributed by atoms with Gasteiger partial charge in [-0.3, -0.25) is 4.79 Å². The molecular weight excluding hydrogens is 354 g/mol. The van der Waals surface area contributed by atoms with Gasteiger partial charge in [0, 0.05) is 35.8 Å². The molecule has 6 nitrogen and oxygen atoms in total. The summed E-state index contributed by atoms with van der Waals surface area (Å²) < 4.78 is 8.02. The van der Waals surface area contributed by atoms with Crippen molar-refractivity contribution < 1.29 is 14.6 Å². The lowest BCUT2D eigenvalue weighted by Crippen LogP contribution is -2.44. The van der Waals surface area contributed by atoms with Crippen LogP contribution < -0.4 is 10.1 Å². The molecule has 0 saturated heterocycles. The van der Waals surface area contributed by atoms with E-state index in [9.17, 15) is 9.90 Å². The molecule has 2 aromatic carbocycles. The van der Waals surface area contributed by atoms with Gasteiger partial charge in [0.25, 0.3) is 5.91 Å². The molecule has 1 aliphatic rings. The van der Waals surface area contributed by atoms with E-state index in [4.69, 9.17) is 4.74 Å². The first-order valence-electron chi connectivity index (χ1n) is 9.20. The van der Waals surface area contributed by atoms with E-state index in [1.807, 2.05) is 55.8 Å². The van der Waals surface area contributed by atoms with E-state index in [0.29, 0.717) is 17.9 Å². The molecule has 2 heterocycles. The van der Waals surface area contributed by atoms with Crippen LogP contribution in [0, 0.1) is 20.8 Å². The van der Waals surface area contributed by atoms with Crippen LogP contribution >= 0.6 is 0 Å². The number of imidazole rings is 1. The largest absolute Gasteiger partial charge is 0.507 e. The number of benzene rings is 2. The van der Waals surface area contributed by atoms with Crippen molar-refractivity contribution in [1.29, 1.82) is 0 Å². The molecule has 0 fully saturated rings. The number of hydrogen-bond donors (Lipinski definition) is 2. The van der Waals surface area contributed by atoms with Gasteiger partial charge in [-0.05, 0) is 68.7 Å². The van der Waals surface area contributed by atoms with Crippen LogP contribution in [0.3, 0.4) is 0 Å². The number of fused-ring (bicyclic) bond motifs is 1. The van der Waals surface area contributed by atoms with Crippen LogP contribution in [0.5, 0.6) is 11.5 Å². The first kappa shape index (κ1) is 18.1. The molecule has 1 atom stereocenters. The molecular formula is C22H23N3O3. The monoisotopic (exact) mass is 377 g/mol. The minimum atomic E-state index is -1.03. The van der Waals surface area contributed by atoms with Crippen molar-refractivity contribution >= 4 is 11.6 Å². The Labute approximate surface area is 163 Å². The molecule has 0 saturated carbocycles. The highest BCUT2D eigenvalue weighted by Gasteiger charge is 2.44. The summed E-state index contributed by atoms with van der Waals surface area (Å²) >= 11 is 0. The maximum absolute atomic E-state index is 13.0. The fourth-order valence-electron chi connectivity index (χ4n) is 3.64. The number of aromatic nitrogens is 2. The molecule has 0 aliphatic carbocycles. The Bertz CT molecular complexity index is 1020. The summed E-state index contributed by atoms with van der Waals surface area (Å²) in [6.45, 7) is 7.42. The van der Waals surface area contributed by atoms with E-state index >= 15 is 0 Å². The van der Waals surface area contributed by atoms with Crippen LogP contribution in [-0.2, 0) is 11.2 Å².